The predicted molar refractivity (Wildman–Crippen MR) is 64.8 cm³/mol. The summed E-state index contributed by atoms with van der Waals surface area (Å²) in [6, 6.07) is 0. The summed E-state index contributed by atoms with van der Waals surface area (Å²) in [6.07, 6.45) is 5.16. The Morgan fingerprint density at radius 2 is 1.40 bits per heavy atom. The third-order valence-corrected chi connectivity index (χ3v) is 3.36. The van der Waals surface area contributed by atoms with Gasteiger partial charge in [-0.3, -0.25) is 0 Å². The van der Waals surface area contributed by atoms with Gasteiger partial charge in [-0.1, -0.05) is 53.4 Å². The van der Waals surface area contributed by atoms with Gasteiger partial charge >= 0.3 is 0 Å². The van der Waals surface area contributed by atoms with E-state index in [4.69, 9.17) is 0 Å². The summed E-state index contributed by atoms with van der Waals surface area (Å²) in [7, 11) is 0. The Morgan fingerprint density at radius 1 is 0.867 bits per heavy atom. The molecule has 2 atom stereocenters. The first-order valence-corrected chi connectivity index (χ1v) is 6.32. The van der Waals surface area contributed by atoms with Gasteiger partial charge in [-0.05, 0) is 12.8 Å². The van der Waals surface area contributed by atoms with Gasteiger partial charge in [0.05, 0.1) is 12.2 Å². The van der Waals surface area contributed by atoms with Gasteiger partial charge in [0.2, 0.25) is 0 Å². The molecule has 2 unspecified atom stereocenters. The topological polar surface area (TPSA) is 40.5 Å². The van der Waals surface area contributed by atoms with Gasteiger partial charge in [-0.25, -0.2) is 0 Å². The first-order chi connectivity index (χ1) is 6.96. The monoisotopic (exact) mass is 216 g/mol. The number of aliphatic hydroxyl groups excluding tert-OH is 2. The summed E-state index contributed by atoms with van der Waals surface area (Å²) in [5.41, 5.74) is -0.371. The Labute approximate surface area is 94.7 Å². The molecule has 0 spiro atoms. The van der Waals surface area contributed by atoms with Gasteiger partial charge in [-0.15, -0.1) is 0 Å². The van der Waals surface area contributed by atoms with Crippen molar-refractivity contribution in [3.8, 4) is 0 Å². The highest BCUT2D eigenvalue weighted by Crippen LogP contribution is 2.31. The number of unbranched alkanes of at least 4 members (excludes halogenated alkanes) is 2. The molecule has 0 aromatic carbocycles. The van der Waals surface area contributed by atoms with Crippen LogP contribution in [0.5, 0.6) is 0 Å². The lowest BCUT2D eigenvalue weighted by Crippen LogP contribution is -2.40. The van der Waals surface area contributed by atoms with Crippen LogP contribution >= 0.6 is 0 Å². The summed E-state index contributed by atoms with van der Waals surface area (Å²) in [6.45, 7) is 8.14. The molecule has 0 heterocycles. The summed E-state index contributed by atoms with van der Waals surface area (Å²) in [4.78, 5) is 0. The lowest BCUT2D eigenvalue weighted by Gasteiger charge is -2.35. The first kappa shape index (κ1) is 14.9. The molecule has 2 nitrogen and oxygen atoms in total. The third-order valence-electron chi connectivity index (χ3n) is 3.36. The van der Waals surface area contributed by atoms with Crippen LogP contribution in [0.2, 0.25) is 0 Å². The fourth-order valence-corrected chi connectivity index (χ4v) is 1.83. The quantitative estimate of drug-likeness (QED) is 0.612. The van der Waals surface area contributed by atoms with Crippen LogP contribution in [0.3, 0.4) is 0 Å². The van der Waals surface area contributed by atoms with Crippen LogP contribution < -0.4 is 0 Å². The van der Waals surface area contributed by atoms with Gasteiger partial charge in [-0.2, -0.15) is 0 Å². The molecule has 2 N–H and O–H groups in total. The molecule has 0 aliphatic rings. The van der Waals surface area contributed by atoms with Gasteiger partial charge in [0, 0.05) is 5.41 Å². The maximum Gasteiger partial charge on any atom is 0.0615 e. The molecule has 0 aromatic rings. The lowest BCUT2D eigenvalue weighted by molar-refractivity contribution is -0.0548. The minimum atomic E-state index is -0.390. The first-order valence-electron chi connectivity index (χ1n) is 6.32. The van der Waals surface area contributed by atoms with Gasteiger partial charge in [0.25, 0.3) is 0 Å². The summed E-state index contributed by atoms with van der Waals surface area (Å²) in [5.74, 6) is 0. The van der Waals surface area contributed by atoms with E-state index in [0.717, 1.165) is 32.1 Å². The lowest BCUT2D eigenvalue weighted by atomic mass is 9.77. The Balaban J connectivity index is 4.05. The average molecular weight is 216 g/mol. The Kier molecular flexibility index (Phi) is 7.20. The molecular formula is C13H28O2. The van der Waals surface area contributed by atoms with Crippen LogP contribution in [0.4, 0.5) is 0 Å². The average Bonchev–Trinajstić information content (AvgIpc) is 2.18. The molecule has 0 aliphatic heterocycles. The van der Waals surface area contributed by atoms with E-state index in [1.54, 1.807) is 0 Å². The van der Waals surface area contributed by atoms with Crippen LogP contribution in [-0.2, 0) is 0 Å². The molecule has 2 heteroatoms. The van der Waals surface area contributed by atoms with Crippen LogP contribution in [-0.4, -0.2) is 22.4 Å². The second kappa shape index (κ2) is 7.24. The van der Waals surface area contributed by atoms with E-state index in [9.17, 15) is 10.2 Å². The van der Waals surface area contributed by atoms with E-state index in [2.05, 4.69) is 13.8 Å². The van der Waals surface area contributed by atoms with Crippen molar-refractivity contribution in [3.05, 3.63) is 0 Å². The number of hydrogen-bond donors (Lipinski definition) is 2. The molecule has 0 bridgehead atoms. The Hall–Kier alpha value is -0.0800. The van der Waals surface area contributed by atoms with Crippen LogP contribution in [0, 0.1) is 5.41 Å². The Bertz CT molecular complexity index is 155. The van der Waals surface area contributed by atoms with E-state index < -0.39 is 0 Å². The van der Waals surface area contributed by atoms with Crippen LogP contribution in [0.15, 0.2) is 0 Å². The molecule has 0 rings (SSSR count). The van der Waals surface area contributed by atoms with Crippen molar-refractivity contribution in [1.29, 1.82) is 0 Å². The van der Waals surface area contributed by atoms with Gasteiger partial charge in [0.1, 0.15) is 0 Å². The summed E-state index contributed by atoms with van der Waals surface area (Å²) in [5, 5.41) is 20.0. The fourth-order valence-electron chi connectivity index (χ4n) is 1.83. The maximum atomic E-state index is 10.0. The number of hydrogen-bond acceptors (Lipinski definition) is 2. The SMILES string of the molecule is CCCCCC(O)C(C)(C)C(O)CCC. The zero-order valence-corrected chi connectivity index (χ0v) is 10.8. The molecular weight excluding hydrogens is 188 g/mol. The zero-order valence-electron chi connectivity index (χ0n) is 10.8. The van der Waals surface area contributed by atoms with Crippen molar-refractivity contribution in [2.24, 2.45) is 5.41 Å². The van der Waals surface area contributed by atoms with Crippen molar-refractivity contribution in [1.82, 2.24) is 0 Å². The molecule has 0 amide bonds. The number of aliphatic hydroxyl groups is 2. The van der Waals surface area contributed by atoms with Gasteiger partial charge in [0.15, 0.2) is 0 Å². The van der Waals surface area contributed by atoms with E-state index >= 15 is 0 Å². The van der Waals surface area contributed by atoms with Crippen molar-refractivity contribution in [3.63, 3.8) is 0 Å². The van der Waals surface area contributed by atoms with Crippen molar-refractivity contribution < 1.29 is 10.2 Å². The highest BCUT2D eigenvalue weighted by Gasteiger charge is 2.34. The molecule has 0 fully saturated rings. The van der Waals surface area contributed by atoms with Crippen molar-refractivity contribution in [2.45, 2.75) is 78.4 Å². The smallest absolute Gasteiger partial charge is 0.0615 e. The van der Waals surface area contributed by atoms with Crippen LogP contribution in [0.25, 0.3) is 0 Å². The molecule has 92 valence electrons. The van der Waals surface area contributed by atoms with Crippen molar-refractivity contribution >= 4 is 0 Å². The number of rotatable bonds is 8. The standard InChI is InChI=1S/C13H28O2/c1-5-7-8-10-12(15)13(3,4)11(14)9-6-2/h11-12,14-15H,5-10H2,1-4H3. The summed E-state index contributed by atoms with van der Waals surface area (Å²) < 4.78 is 0. The van der Waals surface area contributed by atoms with Crippen molar-refractivity contribution in [2.75, 3.05) is 0 Å². The molecule has 0 aromatic heterocycles. The Morgan fingerprint density at radius 3 is 1.87 bits per heavy atom. The maximum absolute atomic E-state index is 10.0. The highest BCUT2D eigenvalue weighted by molar-refractivity contribution is 4.84. The molecule has 0 saturated carbocycles. The largest absolute Gasteiger partial charge is 0.392 e. The molecule has 15 heavy (non-hydrogen) atoms. The predicted octanol–water partition coefficient (Wildman–Crippen LogP) is 3.11. The van der Waals surface area contributed by atoms with Crippen LogP contribution in [0.1, 0.15) is 66.2 Å². The van der Waals surface area contributed by atoms with Gasteiger partial charge < -0.3 is 10.2 Å². The molecule has 0 saturated heterocycles. The van der Waals surface area contributed by atoms with E-state index in [1.807, 2.05) is 13.8 Å². The van der Waals surface area contributed by atoms with E-state index in [0.29, 0.717) is 0 Å². The minimum absolute atomic E-state index is 0.371. The molecule has 0 aliphatic carbocycles. The second-order valence-electron chi connectivity index (χ2n) is 5.14. The highest BCUT2D eigenvalue weighted by atomic mass is 16.3. The normalized spacial score (nSPS) is 16.4. The van der Waals surface area contributed by atoms with E-state index in [1.165, 1.54) is 6.42 Å². The fraction of sp³-hybridized carbons (Fsp3) is 1.00. The second-order valence-corrected chi connectivity index (χ2v) is 5.14. The third kappa shape index (κ3) is 4.98. The summed E-state index contributed by atoms with van der Waals surface area (Å²) >= 11 is 0. The molecule has 0 radical (unpaired) electrons. The van der Waals surface area contributed by atoms with E-state index in [-0.39, 0.29) is 17.6 Å². The zero-order chi connectivity index (χ0) is 11.9. The minimum Gasteiger partial charge on any atom is -0.392 e.